The van der Waals surface area contributed by atoms with Gasteiger partial charge in [-0.25, -0.2) is 0 Å². The van der Waals surface area contributed by atoms with Gasteiger partial charge in [-0.15, -0.1) is 0 Å². The molecule has 0 aromatic heterocycles. The zero-order valence-electron chi connectivity index (χ0n) is 60.1. The van der Waals surface area contributed by atoms with E-state index in [9.17, 15) is 19.2 Å². The standard InChI is InChI=1S/C80H154O8/c1-6-11-16-21-26-31-36-40-43-46-50-55-60-65-70-75(85-76(81)71-66-61-56-51-45-35-30-25-20-15-10-5)80(86-77(82)72-67-62-57-52-47-39-34-29-24-19-14-9-4,87-78(83)73-68-63-58-53-48-42-38-33-28-23-18-13-8-3)88-79(84)74-69-64-59-54-49-44-41-37-32-27-22-17-12-7-2/h75H,6-74H2,1-5H3. The van der Waals surface area contributed by atoms with E-state index in [2.05, 4.69) is 34.6 Å². The SMILES string of the molecule is CCCCCCCCCCCCCCCCC(=O)OC(OC(=O)CCCCCCCCCCCCCC)(OC(=O)CCCCCCCCCCCCCCC)C(CCCCCCCCCCCCCCCC)OC(=O)CCCCCCCCCCCCC. The average molecular weight is 1240 g/mol. The number of esters is 4. The lowest BCUT2D eigenvalue weighted by Crippen LogP contribution is -2.55. The van der Waals surface area contributed by atoms with E-state index >= 15 is 0 Å². The van der Waals surface area contributed by atoms with Crippen molar-refractivity contribution in [2.24, 2.45) is 0 Å². The summed E-state index contributed by atoms with van der Waals surface area (Å²) in [4.78, 5) is 57.1. The molecule has 8 nitrogen and oxygen atoms in total. The topological polar surface area (TPSA) is 105 Å². The molecular formula is C80H154O8. The van der Waals surface area contributed by atoms with Crippen LogP contribution in [0.25, 0.3) is 0 Å². The first-order valence-corrected chi connectivity index (χ1v) is 40.1. The molecule has 0 aliphatic rings. The third-order valence-corrected chi connectivity index (χ3v) is 18.7. The van der Waals surface area contributed by atoms with Gasteiger partial charge >= 0.3 is 29.9 Å². The maximum absolute atomic E-state index is 14.3. The number of carbonyl (C=O) groups excluding carboxylic acids is 4. The minimum Gasteiger partial charge on any atom is -0.449 e. The van der Waals surface area contributed by atoms with E-state index in [-0.39, 0.29) is 32.1 Å². The maximum Gasteiger partial charge on any atom is 0.463 e. The Labute approximate surface area is 549 Å². The molecule has 0 amide bonds. The molecule has 0 aromatic carbocycles. The van der Waals surface area contributed by atoms with Crippen LogP contribution in [0.3, 0.4) is 0 Å². The van der Waals surface area contributed by atoms with Gasteiger partial charge in [0.15, 0.2) is 0 Å². The summed E-state index contributed by atoms with van der Waals surface area (Å²) in [6.45, 7) is 11.3. The highest BCUT2D eigenvalue weighted by Crippen LogP contribution is 2.32. The highest BCUT2D eigenvalue weighted by molar-refractivity contribution is 5.74. The Hall–Kier alpha value is -2.12. The van der Waals surface area contributed by atoms with Crippen molar-refractivity contribution in [2.45, 2.75) is 490 Å². The average Bonchev–Trinajstić information content (AvgIpc) is 1.98. The molecule has 0 spiro atoms. The minimum absolute atomic E-state index is 0.102. The zero-order valence-corrected chi connectivity index (χ0v) is 60.1. The van der Waals surface area contributed by atoms with Crippen LogP contribution in [0.2, 0.25) is 0 Å². The molecule has 0 saturated heterocycles. The Balaban J connectivity index is 6.39. The molecule has 0 heterocycles. The fourth-order valence-corrected chi connectivity index (χ4v) is 12.7. The summed E-state index contributed by atoms with van der Waals surface area (Å²) >= 11 is 0. The Morgan fingerprint density at radius 1 is 0.205 bits per heavy atom. The van der Waals surface area contributed by atoms with Gasteiger partial charge in [0.1, 0.15) is 0 Å². The molecule has 0 radical (unpaired) electrons. The van der Waals surface area contributed by atoms with Gasteiger partial charge in [-0.1, -0.05) is 413 Å². The van der Waals surface area contributed by atoms with E-state index in [0.717, 1.165) is 96.3 Å². The van der Waals surface area contributed by atoms with Crippen LogP contribution in [0.15, 0.2) is 0 Å². The summed E-state index contributed by atoms with van der Waals surface area (Å²) in [5.41, 5.74) is 0. The second-order valence-corrected chi connectivity index (χ2v) is 27.7. The van der Waals surface area contributed by atoms with Crippen molar-refractivity contribution >= 4 is 23.9 Å². The molecule has 8 heteroatoms. The third-order valence-electron chi connectivity index (χ3n) is 18.7. The van der Waals surface area contributed by atoms with Crippen molar-refractivity contribution in [3.63, 3.8) is 0 Å². The molecular weight excluding hydrogens is 1090 g/mol. The number of rotatable bonds is 74. The van der Waals surface area contributed by atoms with Gasteiger partial charge in [0.05, 0.1) is 0 Å². The van der Waals surface area contributed by atoms with Crippen LogP contribution in [-0.2, 0) is 38.1 Å². The van der Waals surface area contributed by atoms with E-state index in [1.165, 1.54) is 283 Å². The predicted octanol–water partition coefficient (Wildman–Crippen LogP) is 27.2. The number of hydrogen-bond donors (Lipinski definition) is 0. The van der Waals surface area contributed by atoms with Crippen molar-refractivity contribution < 1.29 is 38.1 Å². The minimum atomic E-state index is -2.49. The molecule has 88 heavy (non-hydrogen) atoms. The molecule has 0 rings (SSSR count). The molecule has 0 aliphatic heterocycles. The van der Waals surface area contributed by atoms with E-state index in [0.29, 0.717) is 32.1 Å². The summed E-state index contributed by atoms with van der Waals surface area (Å²) in [5.74, 6) is -4.67. The van der Waals surface area contributed by atoms with Crippen molar-refractivity contribution in [3.05, 3.63) is 0 Å². The lowest BCUT2D eigenvalue weighted by Gasteiger charge is -2.36. The second kappa shape index (κ2) is 70.7. The summed E-state index contributed by atoms with van der Waals surface area (Å²) in [6.07, 6.45) is 75.4. The maximum atomic E-state index is 14.3. The Morgan fingerprint density at radius 2 is 0.352 bits per heavy atom. The van der Waals surface area contributed by atoms with Crippen molar-refractivity contribution in [1.82, 2.24) is 0 Å². The Kier molecular flexibility index (Phi) is 69.0. The molecule has 0 N–H and O–H groups in total. The van der Waals surface area contributed by atoms with Crippen molar-refractivity contribution in [3.8, 4) is 0 Å². The molecule has 0 bridgehead atoms. The quantitative estimate of drug-likeness (QED) is 0.0337. The third kappa shape index (κ3) is 61.4. The van der Waals surface area contributed by atoms with E-state index < -0.39 is 36.0 Å². The molecule has 0 saturated carbocycles. The van der Waals surface area contributed by atoms with Crippen LogP contribution in [0.5, 0.6) is 0 Å². The highest BCUT2D eigenvalue weighted by atomic mass is 16.9. The molecule has 0 aromatic rings. The number of carbonyl (C=O) groups is 4. The lowest BCUT2D eigenvalue weighted by molar-refractivity contribution is -0.365. The molecule has 2 atom stereocenters. The van der Waals surface area contributed by atoms with Gasteiger partial charge in [-0.2, -0.15) is 0 Å². The van der Waals surface area contributed by atoms with Gasteiger partial charge in [0.2, 0.25) is 6.10 Å². The summed E-state index contributed by atoms with van der Waals surface area (Å²) in [6, 6.07) is 0. The fraction of sp³-hybridized carbons (Fsp3) is 0.950. The van der Waals surface area contributed by atoms with E-state index in [1.807, 2.05) is 0 Å². The number of hydrogen-bond acceptors (Lipinski definition) is 8. The van der Waals surface area contributed by atoms with Gasteiger partial charge in [0.25, 0.3) is 0 Å². The second-order valence-electron chi connectivity index (χ2n) is 27.7. The highest BCUT2D eigenvalue weighted by Gasteiger charge is 2.53. The van der Waals surface area contributed by atoms with Gasteiger partial charge in [0, 0.05) is 25.7 Å². The van der Waals surface area contributed by atoms with Crippen LogP contribution >= 0.6 is 0 Å². The Bertz CT molecular complexity index is 1450. The number of ether oxygens (including phenoxy) is 4. The van der Waals surface area contributed by atoms with E-state index in [1.54, 1.807) is 0 Å². The van der Waals surface area contributed by atoms with Crippen molar-refractivity contribution in [2.75, 3.05) is 0 Å². The van der Waals surface area contributed by atoms with Crippen LogP contribution < -0.4 is 0 Å². The molecule has 0 fully saturated rings. The first-order valence-electron chi connectivity index (χ1n) is 40.1. The summed E-state index contributed by atoms with van der Waals surface area (Å²) < 4.78 is 25.5. The lowest BCUT2D eigenvalue weighted by atomic mass is 10.0. The first-order chi connectivity index (χ1) is 43.3. The Morgan fingerprint density at radius 3 is 0.534 bits per heavy atom. The first kappa shape index (κ1) is 85.9. The summed E-state index contributed by atoms with van der Waals surface area (Å²) in [5, 5.41) is 0. The monoisotopic (exact) mass is 1240 g/mol. The summed E-state index contributed by atoms with van der Waals surface area (Å²) in [7, 11) is 0. The normalized spacial score (nSPS) is 12.6. The van der Waals surface area contributed by atoms with Crippen LogP contribution in [0.1, 0.15) is 478 Å². The zero-order chi connectivity index (χ0) is 64.0. The fourth-order valence-electron chi connectivity index (χ4n) is 12.7. The molecule has 0 aliphatic carbocycles. The van der Waals surface area contributed by atoms with Gasteiger partial charge < -0.3 is 18.9 Å². The predicted molar refractivity (Wildman–Crippen MR) is 378 cm³/mol. The van der Waals surface area contributed by atoms with Gasteiger partial charge in [-0.3, -0.25) is 19.2 Å². The van der Waals surface area contributed by atoms with Crippen LogP contribution in [0.4, 0.5) is 0 Å². The number of unbranched alkanes of at least 4 members (excludes halogenated alkanes) is 59. The van der Waals surface area contributed by atoms with E-state index in [4.69, 9.17) is 18.9 Å². The van der Waals surface area contributed by atoms with Crippen LogP contribution in [0, 0.1) is 0 Å². The molecule has 2 unspecified atom stereocenters. The largest absolute Gasteiger partial charge is 0.463 e. The molecule has 522 valence electrons. The van der Waals surface area contributed by atoms with Crippen LogP contribution in [-0.4, -0.2) is 36.0 Å². The van der Waals surface area contributed by atoms with Gasteiger partial charge in [-0.05, 0) is 38.5 Å². The van der Waals surface area contributed by atoms with Crippen molar-refractivity contribution in [1.29, 1.82) is 0 Å². The smallest absolute Gasteiger partial charge is 0.449 e.